The summed E-state index contributed by atoms with van der Waals surface area (Å²) in [4.78, 5) is 6.58. The van der Waals surface area contributed by atoms with E-state index in [2.05, 4.69) is 25.8 Å². The van der Waals surface area contributed by atoms with Crippen LogP contribution in [0.1, 0.15) is 13.8 Å². The summed E-state index contributed by atoms with van der Waals surface area (Å²) in [6.45, 7) is 8.57. The predicted octanol–water partition coefficient (Wildman–Crippen LogP) is 2.72. The normalized spacial score (nSPS) is 10.6. The molecule has 0 spiro atoms. The van der Waals surface area contributed by atoms with Crippen LogP contribution in [0.4, 0.5) is 5.82 Å². The second-order valence-electron chi connectivity index (χ2n) is 3.72. The van der Waals surface area contributed by atoms with Gasteiger partial charge in [0.05, 0.1) is 13.2 Å². The first-order valence-electron chi connectivity index (χ1n) is 6.30. The van der Waals surface area contributed by atoms with Gasteiger partial charge in [-0.3, -0.25) is 0 Å². The summed E-state index contributed by atoms with van der Waals surface area (Å²) in [6, 6.07) is 4.00. The van der Waals surface area contributed by atoms with Crippen molar-refractivity contribution in [1.29, 1.82) is 0 Å². The van der Waals surface area contributed by atoms with Crippen molar-refractivity contribution in [3.8, 4) is 0 Å². The molecule has 0 aliphatic rings. The fourth-order valence-electron chi connectivity index (χ4n) is 1.53. The second kappa shape index (κ2) is 9.30. The largest absolute Gasteiger partial charge is 0.380 e. The van der Waals surface area contributed by atoms with Crippen LogP contribution >= 0.6 is 15.9 Å². The van der Waals surface area contributed by atoms with Crippen molar-refractivity contribution in [2.45, 2.75) is 13.8 Å². The van der Waals surface area contributed by atoms with Crippen molar-refractivity contribution in [3.05, 3.63) is 22.8 Å². The molecule has 0 saturated carbocycles. The fourth-order valence-corrected chi connectivity index (χ4v) is 1.77. The molecule has 0 aromatic carbocycles. The molecule has 102 valence electrons. The third-order valence-corrected chi connectivity index (χ3v) is 2.92. The minimum Gasteiger partial charge on any atom is -0.380 e. The molecule has 1 rings (SSSR count). The lowest BCUT2D eigenvalue weighted by molar-refractivity contribution is 0.141. The van der Waals surface area contributed by atoms with Gasteiger partial charge in [0.2, 0.25) is 0 Å². The van der Waals surface area contributed by atoms with E-state index in [1.807, 2.05) is 32.2 Å². The number of pyridine rings is 1. The van der Waals surface area contributed by atoms with Crippen LogP contribution in [0.3, 0.4) is 0 Å². The smallest absolute Gasteiger partial charge is 0.128 e. The number of nitrogens with zero attached hydrogens (tertiary/aromatic N) is 2. The molecule has 0 unspecified atom stereocenters. The van der Waals surface area contributed by atoms with Crippen molar-refractivity contribution < 1.29 is 9.47 Å². The number of halogens is 1. The Kier molecular flexibility index (Phi) is 7.96. The van der Waals surface area contributed by atoms with E-state index < -0.39 is 0 Å². The average Bonchev–Trinajstić information content (AvgIpc) is 2.38. The van der Waals surface area contributed by atoms with Crippen molar-refractivity contribution in [2.75, 3.05) is 44.4 Å². The van der Waals surface area contributed by atoms with Crippen LogP contribution in [-0.2, 0) is 9.47 Å². The maximum Gasteiger partial charge on any atom is 0.128 e. The van der Waals surface area contributed by atoms with Gasteiger partial charge in [-0.2, -0.15) is 0 Å². The Morgan fingerprint density at radius 3 is 2.17 bits per heavy atom. The minimum atomic E-state index is 0.709. The molecule has 0 bridgehead atoms. The summed E-state index contributed by atoms with van der Waals surface area (Å²) in [5.41, 5.74) is 0. The van der Waals surface area contributed by atoms with Crippen molar-refractivity contribution in [1.82, 2.24) is 4.98 Å². The number of hydrogen-bond donors (Lipinski definition) is 0. The Morgan fingerprint density at radius 2 is 1.72 bits per heavy atom. The van der Waals surface area contributed by atoms with Crippen molar-refractivity contribution >= 4 is 21.7 Å². The zero-order chi connectivity index (χ0) is 13.2. The molecular weight excluding hydrogens is 296 g/mol. The Hall–Kier alpha value is -0.650. The lowest BCUT2D eigenvalue weighted by Gasteiger charge is -2.23. The zero-order valence-electron chi connectivity index (χ0n) is 11.1. The monoisotopic (exact) mass is 316 g/mol. The number of ether oxygens (including phenoxy) is 2. The lowest BCUT2D eigenvalue weighted by Crippen LogP contribution is -2.31. The van der Waals surface area contributed by atoms with E-state index in [1.165, 1.54) is 0 Å². The average molecular weight is 317 g/mol. The summed E-state index contributed by atoms with van der Waals surface area (Å²) in [5.74, 6) is 0.956. The summed E-state index contributed by atoms with van der Waals surface area (Å²) in [5, 5.41) is 0. The lowest BCUT2D eigenvalue weighted by atomic mass is 10.4. The quantitative estimate of drug-likeness (QED) is 0.656. The topological polar surface area (TPSA) is 34.6 Å². The van der Waals surface area contributed by atoms with Gasteiger partial charge in [0.25, 0.3) is 0 Å². The van der Waals surface area contributed by atoms with E-state index in [0.717, 1.165) is 36.6 Å². The van der Waals surface area contributed by atoms with E-state index in [4.69, 9.17) is 9.47 Å². The first kappa shape index (κ1) is 15.4. The molecule has 4 nitrogen and oxygen atoms in total. The number of aromatic nitrogens is 1. The van der Waals surface area contributed by atoms with E-state index in [1.54, 1.807) is 0 Å². The summed E-state index contributed by atoms with van der Waals surface area (Å²) >= 11 is 3.39. The molecule has 0 aliphatic heterocycles. The van der Waals surface area contributed by atoms with Gasteiger partial charge >= 0.3 is 0 Å². The van der Waals surface area contributed by atoms with Gasteiger partial charge in [-0.05, 0) is 41.9 Å². The molecule has 0 N–H and O–H groups in total. The van der Waals surface area contributed by atoms with Crippen LogP contribution in [0.2, 0.25) is 0 Å². The van der Waals surface area contributed by atoms with Gasteiger partial charge in [-0.25, -0.2) is 4.98 Å². The summed E-state index contributed by atoms with van der Waals surface area (Å²) < 4.78 is 11.8. The highest BCUT2D eigenvalue weighted by Crippen LogP contribution is 2.14. The Morgan fingerprint density at radius 1 is 1.11 bits per heavy atom. The van der Waals surface area contributed by atoms with Gasteiger partial charge < -0.3 is 14.4 Å². The number of rotatable bonds is 9. The maximum absolute atomic E-state index is 5.40. The molecule has 0 radical (unpaired) electrons. The number of anilines is 1. The third kappa shape index (κ3) is 5.80. The summed E-state index contributed by atoms with van der Waals surface area (Å²) in [6.07, 6.45) is 1.81. The third-order valence-electron chi connectivity index (χ3n) is 2.46. The highest BCUT2D eigenvalue weighted by molar-refractivity contribution is 9.10. The predicted molar refractivity (Wildman–Crippen MR) is 77.1 cm³/mol. The molecule has 0 amide bonds. The van der Waals surface area contributed by atoms with Crippen LogP contribution in [-0.4, -0.2) is 44.5 Å². The maximum atomic E-state index is 5.40. The fraction of sp³-hybridized carbons (Fsp3) is 0.615. The van der Waals surface area contributed by atoms with Crippen LogP contribution in [0.5, 0.6) is 0 Å². The molecule has 0 atom stereocenters. The molecule has 0 aliphatic carbocycles. The van der Waals surface area contributed by atoms with Crippen molar-refractivity contribution in [2.24, 2.45) is 0 Å². The van der Waals surface area contributed by atoms with Gasteiger partial charge in [-0.1, -0.05) is 0 Å². The molecule has 5 heteroatoms. The molecule has 1 aromatic rings. The van der Waals surface area contributed by atoms with Gasteiger partial charge in [0, 0.05) is 37.0 Å². The first-order chi connectivity index (χ1) is 8.77. The molecule has 0 saturated heterocycles. The first-order valence-corrected chi connectivity index (χ1v) is 7.09. The zero-order valence-corrected chi connectivity index (χ0v) is 12.6. The van der Waals surface area contributed by atoms with E-state index >= 15 is 0 Å². The van der Waals surface area contributed by atoms with E-state index in [-0.39, 0.29) is 0 Å². The number of hydrogen-bond acceptors (Lipinski definition) is 4. The SMILES string of the molecule is CCOCCN(CCOCC)c1ccc(Br)cn1. The highest BCUT2D eigenvalue weighted by atomic mass is 79.9. The van der Waals surface area contributed by atoms with Crippen LogP contribution in [0.25, 0.3) is 0 Å². The molecule has 1 aromatic heterocycles. The van der Waals surface area contributed by atoms with Crippen molar-refractivity contribution in [3.63, 3.8) is 0 Å². The van der Waals surface area contributed by atoms with E-state index in [9.17, 15) is 0 Å². The van der Waals surface area contributed by atoms with E-state index in [0.29, 0.717) is 13.2 Å². The van der Waals surface area contributed by atoms with Gasteiger partial charge in [-0.15, -0.1) is 0 Å². The highest BCUT2D eigenvalue weighted by Gasteiger charge is 2.07. The Labute approximate surface area is 117 Å². The second-order valence-corrected chi connectivity index (χ2v) is 4.63. The molecule has 18 heavy (non-hydrogen) atoms. The molecule has 1 heterocycles. The molecular formula is C13H21BrN2O2. The van der Waals surface area contributed by atoms with Crippen LogP contribution in [0, 0.1) is 0 Å². The van der Waals surface area contributed by atoms with Gasteiger partial charge in [0.15, 0.2) is 0 Å². The van der Waals surface area contributed by atoms with Crippen LogP contribution in [0.15, 0.2) is 22.8 Å². The Balaban J connectivity index is 2.54. The molecule has 0 fully saturated rings. The summed E-state index contributed by atoms with van der Waals surface area (Å²) in [7, 11) is 0. The standard InChI is InChI=1S/C13H21BrN2O2/c1-3-17-9-7-16(8-10-18-4-2)13-6-5-12(14)11-15-13/h5-6,11H,3-4,7-10H2,1-2H3. The Bertz CT molecular complexity index is 309. The van der Waals surface area contributed by atoms with Gasteiger partial charge in [0.1, 0.15) is 5.82 Å². The minimum absolute atomic E-state index is 0.709. The van der Waals surface area contributed by atoms with Crippen LogP contribution < -0.4 is 4.90 Å².